The molecule has 4 nitrogen and oxygen atoms in total. The summed E-state index contributed by atoms with van der Waals surface area (Å²) in [5, 5.41) is 19.6. The molecule has 1 aromatic heterocycles. The van der Waals surface area contributed by atoms with E-state index in [9.17, 15) is 5.11 Å². The van der Waals surface area contributed by atoms with Crippen LogP contribution in [0.15, 0.2) is 29.4 Å². The van der Waals surface area contributed by atoms with Crippen molar-refractivity contribution >= 4 is 11.8 Å². The highest BCUT2D eigenvalue weighted by Gasteiger charge is 2.29. The molecule has 1 N–H and O–H groups in total. The number of nitrogens with zero attached hydrogens (tertiary/aromatic N) is 3. The van der Waals surface area contributed by atoms with E-state index in [0.29, 0.717) is 11.7 Å². The Kier molecular flexibility index (Phi) is 3.81. The summed E-state index contributed by atoms with van der Waals surface area (Å²) < 4.78 is 2.06. The van der Waals surface area contributed by atoms with E-state index in [2.05, 4.69) is 14.8 Å². The molecule has 0 saturated heterocycles. The maximum Gasteiger partial charge on any atom is 0.191 e. The van der Waals surface area contributed by atoms with Crippen LogP contribution < -0.4 is 0 Å². The minimum Gasteiger partial charge on any atom is -0.388 e. The third kappa shape index (κ3) is 2.88. The molecule has 1 atom stereocenters. The average molecular weight is 289 g/mol. The molecule has 20 heavy (non-hydrogen) atoms. The topological polar surface area (TPSA) is 50.9 Å². The van der Waals surface area contributed by atoms with E-state index in [4.69, 9.17) is 0 Å². The number of benzene rings is 1. The van der Waals surface area contributed by atoms with Gasteiger partial charge in [0.1, 0.15) is 5.82 Å². The third-order valence-corrected chi connectivity index (χ3v) is 4.74. The molecule has 1 aliphatic carbocycles. The Morgan fingerprint density at radius 2 is 2.00 bits per heavy atom. The molecular weight excluding hydrogens is 270 g/mol. The third-order valence-electron chi connectivity index (χ3n) is 3.64. The molecule has 1 fully saturated rings. The van der Waals surface area contributed by atoms with Crippen molar-refractivity contribution in [2.75, 3.05) is 5.75 Å². The largest absolute Gasteiger partial charge is 0.388 e. The van der Waals surface area contributed by atoms with Crippen molar-refractivity contribution in [2.24, 2.45) is 7.05 Å². The Bertz CT molecular complexity index is 590. The lowest BCUT2D eigenvalue weighted by Crippen LogP contribution is -2.03. The number of rotatable bonds is 5. The van der Waals surface area contributed by atoms with Gasteiger partial charge in [0, 0.05) is 18.7 Å². The van der Waals surface area contributed by atoms with E-state index in [0.717, 1.165) is 16.5 Å². The van der Waals surface area contributed by atoms with Gasteiger partial charge in [-0.3, -0.25) is 0 Å². The standard InChI is InChI=1S/C15H19N3OS/c1-10-3-5-11(6-4-10)13(19)9-20-15-17-16-14(18(15)2)12-7-8-12/h3-6,12-13,19H,7-9H2,1-2H3. The Morgan fingerprint density at radius 1 is 1.30 bits per heavy atom. The van der Waals surface area contributed by atoms with Gasteiger partial charge in [0.05, 0.1) is 6.10 Å². The fourth-order valence-corrected chi connectivity index (χ4v) is 3.07. The van der Waals surface area contributed by atoms with Crippen LogP contribution in [0.25, 0.3) is 0 Å². The lowest BCUT2D eigenvalue weighted by Gasteiger charge is -2.10. The molecular formula is C15H19N3OS. The maximum atomic E-state index is 10.2. The number of aliphatic hydroxyl groups is 1. The van der Waals surface area contributed by atoms with E-state index in [1.165, 1.54) is 18.4 Å². The molecule has 1 aliphatic rings. The molecule has 0 radical (unpaired) electrons. The van der Waals surface area contributed by atoms with Crippen LogP contribution in [0.5, 0.6) is 0 Å². The van der Waals surface area contributed by atoms with E-state index in [1.54, 1.807) is 11.8 Å². The quantitative estimate of drug-likeness (QED) is 0.860. The van der Waals surface area contributed by atoms with Crippen molar-refractivity contribution in [3.63, 3.8) is 0 Å². The summed E-state index contributed by atoms with van der Waals surface area (Å²) in [5.74, 6) is 2.28. The molecule has 1 saturated carbocycles. The van der Waals surface area contributed by atoms with Crippen molar-refractivity contribution in [3.8, 4) is 0 Å². The molecule has 1 aromatic carbocycles. The predicted octanol–water partition coefficient (Wildman–Crippen LogP) is 2.83. The van der Waals surface area contributed by atoms with Gasteiger partial charge in [-0.2, -0.15) is 0 Å². The van der Waals surface area contributed by atoms with Crippen LogP contribution in [0.2, 0.25) is 0 Å². The number of aliphatic hydroxyl groups excluding tert-OH is 1. The molecule has 1 unspecified atom stereocenters. The summed E-state index contributed by atoms with van der Waals surface area (Å²) in [4.78, 5) is 0. The summed E-state index contributed by atoms with van der Waals surface area (Å²) in [7, 11) is 2.01. The second kappa shape index (κ2) is 5.58. The van der Waals surface area contributed by atoms with Crippen molar-refractivity contribution in [1.29, 1.82) is 0 Å². The Hall–Kier alpha value is -1.33. The van der Waals surface area contributed by atoms with Crippen LogP contribution in [0.1, 0.15) is 41.8 Å². The second-order valence-corrected chi connectivity index (χ2v) is 6.40. The van der Waals surface area contributed by atoms with Gasteiger partial charge in [-0.1, -0.05) is 41.6 Å². The highest BCUT2D eigenvalue weighted by molar-refractivity contribution is 7.99. The van der Waals surface area contributed by atoms with Gasteiger partial charge in [0.25, 0.3) is 0 Å². The molecule has 0 bridgehead atoms. The average Bonchev–Trinajstić information content (AvgIpc) is 3.22. The van der Waals surface area contributed by atoms with Gasteiger partial charge < -0.3 is 9.67 Å². The minimum absolute atomic E-state index is 0.471. The predicted molar refractivity (Wildman–Crippen MR) is 79.8 cm³/mol. The van der Waals surface area contributed by atoms with E-state index in [-0.39, 0.29) is 0 Å². The summed E-state index contributed by atoms with van der Waals surface area (Å²) in [6.07, 6.45) is 1.98. The second-order valence-electron chi connectivity index (χ2n) is 5.41. The van der Waals surface area contributed by atoms with Crippen LogP contribution in [0, 0.1) is 6.92 Å². The van der Waals surface area contributed by atoms with Crippen LogP contribution in [0.4, 0.5) is 0 Å². The van der Waals surface area contributed by atoms with Gasteiger partial charge in [0.15, 0.2) is 5.16 Å². The van der Waals surface area contributed by atoms with Gasteiger partial charge in [-0.25, -0.2) is 0 Å². The number of hydrogen-bond acceptors (Lipinski definition) is 4. The molecule has 0 amide bonds. The summed E-state index contributed by atoms with van der Waals surface area (Å²) in [6, 6.07) is 8.01. The molecule has 106 valence electrons. The number of aryl methyl sites for hydroxylation is 1. The first-order valence-electron chi connectivity index (χ1n) is 6.92. The SMILES string of the molecule is Cc1ccc(C(O)CSc2nnc(C3CC3)n2C)cc1. The van der Waals surface area contributed by atoms with Gasteiger partial charge in [0.2, 0.25) is 0 Å². The number of thioether (sulfide) groups is 1. The highest BCUT2D eigenvalue weighted by Crippen LogP contribution is 2.39. The summed E-state index contributed by atoms with van der Waals surface area (Å²) in [6.45, 7) is 2.05. The van der Waals surface area contributed by atoms with Crippen LogP contribution >= 0.6 is 11.8 Å². The first-order chi connectivity index (χ1) is 9.65. The Labute approximate surface area is 123 Å². The molecule has 5 heteroatoms. The van der Waals surface area contributed by atoms with Crippen LogP contribution in [0.3, 0.4) is 0 Å². The van der Waals surface area contributed by atoms with Crippen LogP contribution in [-0.4, -0.2) is 25.6 Å². The van der Waals surface area contributed by atoms with Crippen molar-refractivity contribution in [1.82, 2.24) is 14.8 Å². The zero-order valence-corrected chi connectivity index (χ0v) is 12.6. The lowest BCUT2D eigenvalue weighted by molar-refractivity contribution is 0.204. The first kappa shape index (κ1) is 13.6. The zero-order valence-electron chi connectivity index (χ0n) is 11.8. The summed E-state index contributed by atoms with van der Waals surface area (Å²) in [5.41, 5.74) is 2.16. The van der Waals surface area contributed by atoms with Gasteiger partial charge in [-0.05, 0) is 25.3 Å². The van der Waals surface area contributed by atoms with E-state index < -0.39 is 6.10 Å². The molecule has 2 aromatic rings. The fourth-order valence-electron chi connectivity index (χ4n) is 2.19. The van der Waals surface area contributed by atoms with Crippen LogP contribution in [-0.2, 0) is 7.05 Å². The lowest BCUT2D eigenvalue weighted by atomic mass is 10.1. The van der Waals surface area contributed by atoms with Gasteiger partial charge in [-0.15, -0.1) is 10.2 Å². The zero-order chi connectivity index (χ0) is 14.1. The Morgan fingerprint density at radius 3 is 2.65 bits per heavy atom. The smallest absolute Gasteiger partial charge is 0.191 e. The first-order valence-corrected chi connectivity index (χ1v) is 7.90. The monoisotopic (exact) mass is 289 g/mol. The molecule has 3 rings (SSSR count). The maximum absolute atomic E-state index is 10.2. The molecule has 0 spiro atoms. The number of hydrogen-bond donors (Lipinski definition) is 1. The van der Waals surface area contributed by atoms with Crippen molar-refractivity contribution in [2.45, 2.75) is 36.9 Å². The fraction of sp³-hybridized carbons (Fsp3) is 0.467. The van der Waals surface area contributed by atoms with Gasteiger partial charge >= 0.3 is 0 Å². The molecule has 0 aliphatic heterocycles. The van der Waals surface area contributed by atoms with E-state index in [1.807, 2.05) is 38.2 Å². The summed E-state index contributed by atoms with van der Waals surface area (Å²) >= 11 is 1.56. The minimum atomic E-state index is -0.471. The number of aromatic nitrogens is 3. The Balaban J connectivity index is 1.62. The van der Waals surface area contributed by atoms with Crippen molar-refractivity contribution in [3.05, 3.63) is 41.2 Å². The van der Waals surface area contributed by atoms with Crippen molar-refractivity contribution < 1.29 is 5.11 Å². The molecule has 1 heterocycles. The van der Waals surface area contributed by atoms with E-state index >= 15 is 0 Å². The highest BCUT2D eigenvalue weighted by atomic mass is 32.2. The normalized spacial score (nSPS) is 16.4.